The quantitative estimate of drug-likeness (QED) is 0.162. The summed E-state index contributed by atoms with van der Waals surface area (Å²) < 4.78 is 6.81. The second kappa shape index (κ2) is 13.4. The van der Waals surface area contributed by atoms with Crippen molar-refractivity contribution in [2.24, 2.45) is 0 Å². The number of nitrogens with one attached hydrogen (secondary N) is 1. The molecule has 1 aliphatic carbocycles. The van der Waals surface area contributed by atoms with Gasteiger partial charge >= 0.3 is 0 Å². The molecule has 0 aromatic heterocycles. The number of ether oxygens (including phenoxy) is 1. The molecule has 0 fully saturated rings. The van der Waals surface area contributed by atoms with E-state index in [0.29, 0.717) is 13.2 Å². The fourth-order valence-electron chi connectivity index (χ4n) is 5.35. The van der Waals surface area contributed by atoms with Gasteiger partial charge in [0.05, 0.1) is 6.61 Å². The molecule has 0 radical (unpaired) electrons. The summed E-state index contributed by atoms with van der Waals surface area (Å²) in [6.07, 6.45) is 4.70. The van der Waals surface area contributed by atoms with Crippen molar-refractivity contribution in [3.8, 4) is 16.9 Å². The largest absolute Gasteiger partial charge is 0.494 e. The molecule has 1 amide bonds. The third-order valence-corrected chi connectivity index (χ3v) is 9.40. The maximum atomic E-state index is 13.8. The van der Waals surface area contributed by atoms with E-state index in [1.54, 1.807) is 11.8 Å². The number of hydrogen-bond donors (Lipinski definition) is 1. The first-order valence-corrected chi connectivity index (χ1v) is 15.6. The zero-order chi connectivity index (χ0) is 27.0. The van der Waals surface area contributed by atoms with Crippen molar-refractivity contribution < 1.29 is 11.0 Å². The molecule has 4 rings (SSSR count). The molecule has 0 spiro atoms. The van der Waals surface area contributed by atoms with E-state index in [9.17, 15) is 4.79 Å². The molecule has 0 saturated heterocycles. The zero-order valence-electron chi connectivity index (χ0n) is 22.8. The molecule has 0 heterocycles. The van der Waals surface area contributed by atoms with Crippen LogP contribution in [-0.4, -0.2) is 24.8 Å². The molecule has 0 bridgehead atoms. The number of amides is 1. The molecule has 3 aromatic carbocycles. The minimum atomic E-state index is -0.630. The first kappa shape index (κ1) is 28.4. The molecule has 3 aromatic rings. The summed E-state index contributed by atoms with van der Waals surface area (Å²) in [6.45, 7) is 12.0. The average molecular weight is 548 g/mol. The molecule has 0 atom stereocenters. The zero-order valence-corrected chi connectivity index (χ0v) is 24.5. The normalized spacial score (nSPS) is 13.0. The summed E-state index contributed by atoms with van der Waals surface area (Å²) in [4.78, 5) is 15.0. The number of fused-ring (bicyclic) bond motifs is 3. The van der Waals surface area contributed by atoms with E-state index in [4.69, 9.17) is 4.74 Å². The molecular formula is C33H41NO2S2. The highest BCUT2D eigenvalue weighted by molar-refractivity contribution is 8.22. The van der Waals surface area contributed by atoms with Crippen LogP contribution in [0, 0.1) is 0 Å². The molecule has 3 nitrogen and oxygen atoms in total. The van der Waals surface area contributed by atoms with E-state index in [2.05, 4.69) is 86.4 Å². The molecule has 5 heteroatoms. The number of benzene rings is 3. The van der Waals surface area contributed by atoms with Gasteiger partial charge in [0, 0.05) is 17.1 Å². The molecule has 1 N–H and O–H groups in total. The van der Waals surface area contributed by atoms with E-state index in [1.807, 2.05) is 24.8 Å². The second-order valence-electron chi connectivity index (χ2n) is 9.59. The Morgan fingerprint density at radius 2 is 1.66 bits per heavy atom. The second-order valence-corrected chi connectivity index (χ2v) is 12.2. The lowest BCUT2D eigenvalue weighted by atomic mass is 9.73. The lowest BCUT2D eigenvalue weighted by molar-refractivity contribution is -0.125. The first-order chi connectivity index (χ1) is 18.5. The highest BCUT2D eigenvalue weighted by Crippen LogP contribution is 2.51. The van der Waals surface area contributed by atoms with Gasteiger partial charge in [-0.15, -0.1) is 11.8 Å². The summed E-state index contributed by atoms with van der Waals surface area (Å²) in [7, 11) is 0. The molecule has 0 saturated carbocycles. The van der Waals surface area contributed by atoms with Crippen molar-refractivity contribution >= 4 is 29.4 Å². The van der Waals surface area contributed by atoms with Gasteiger partial charge in [-0.05, 0) is 78.3 Å². The number of carbonyl (C=O) groups is 1. The van der Waals surface area contributed by atoms with Crippen molar-refractivity contribution in [1.82, 2.24) is 5.32 Å². The van der Waals surface area contributed by atoms with Crippen molar-refractivity contribution in [2.75, 3.05) is 18.9 Å². The van der Waals surface area contributed by atoms with Gasteiger partial charge in [-0.2, -0.15) is 0 Å². The van der Waals surface area contributed by atoms with Crippen LogP contribution in [0.2, 0.25) is 0 Å². The van der Waals surface area contributed by atoms with Gasteiger partial charge in [0.2, 0.25) is 5.91 Å². The lowest BCUT2D eigenvalue weighted by Crippen LogP contribution is -2.44. The lowest BCUT2D eigenvalue weighted by Gasteiger charge is -2.31. The standard InChI is InChI=1S/C33H39NO2S2.H2/c1-5-21-34-32(35)33(29-16-10-8-14-27(29)28-15-9-11-17-30(28)33)20-12-13-22-37-24(4)38-31-23-26(36-7-3)19-18-25(31)6-2;/h8-11,14-19,23H,4-7,12-13,20-22H2,1-3H3,(H,34,35);1H. The SMILES string of the molecule is C=C(SCCCCC1(C(=O)NCCC)c2ccccc2-c2ccccc21)Sc1cc(OCC)ccc1CC.[HH]. The molecule has 1 aliphatic rings. The fourth-order valence-corrected chi connectivity index (χ4v) is 7.45. The van der Waals surface area contributed by atoms with E-state index < -0.39 is 5.41 Å². The third kappa shape index (κ3) is 6.00. The predicted octanol–water partition coefficient (Wildman–Crippen LogP) is 8.85. The monoisotopic (exact) mass is 547 g/mol. The van der Waals surface area contributed by atoms with Gasteiger partial charge in [-0.25, -0.2) is 0 Å². The summed E-state index contributed by atoms with van der Waals surface area (Å²) in [5, 5.41) is 3.24. The number of unbranched alkanes of at least 4 members (excludes halogenated alkanes) is 1. The maximum absolute atomic E-state index is 13.8. The minimum Gasteiger partial charge on any atom is -0.494 e. The Balaban J connectivity index is 0.00000420. The van der Waals surface area contributed by atoms with Crippen LogP contribution in [-0.2, 0) is 16.6 Å². The van der Waals surface area contributed by atoms with Crippen LogP contribution in [0.3, 0.4) is 0 Å². The minimum absolute atomic E-state index is 0. The van der Waals surface area contributed by atoms with E-state index in [-0.39, 0.29) is 7.33 Å². The first-order valence-electron chi connectivity index (χ1n) is 13.8. The Hall–Kier alpha value is -2.63. The maximum Gasteiger partial charge on any atom is 0.235 e. The smallest absolute Gasteiger partial charge is 0.235 e. The van der Waals surface area contributed by atoms with E-state index in [0.717, 1.165) is 59.0 Å². The Morgan fingerprint density at radius 1 is 0.974 bits per heavy atom. The molecule has 38 heavy (non-hydrogen) atoms. The number of carbonyl (C=O) groups excluding carboxylic acids is 1. The Kier molecular flexibility index (Phi) is 10.0. The van der Waals surface area contributed by atoms with Gasteiger partial charge in [0.1, 0.15) is 11.2 Å². The molecular weight excluding hydrogens is 507 g/mol. The van der Waals surface area contributed by atoms with Crippen LogP contribution in [0.25, 0.3) is 11.1 Å². The van der Waals surface area contributed by atoms with E-state index >= 15 is 0 Å². The number of thioether (sulfide) groups is 2. The Bertz CT molecular complexity index is 1230. The van der Waals surface area contributed by atoms with Crippen LogP contribution < -0.4 is 10.1 Å². The van der Waals surface area contributed by atoms with Crippen LogP contribution >= 0.6 is 23.5 Å². The van der Waals surface area contributed by atoms with Gasteiger partial charge in [-0.1, -0.05) is 93.2 Å². The van der Waals surface area contributed by atoms with Crippen LogP contribution in [0.5, 0.6) is 5.75 Å². The molecule has 202 valence electrons. The Labute approximate surface area is 238 Å². The molecule has 0 unspecified atom stereocenters. The van der Waals surface area contributed by atoms with Crippen molar-refractivity contribution in [3.05, 3.63) is 94.2 Å². The average Bonchev–Trinajstić information content (AvgIpc) is 3.23. The van der Waals surface area contributed by atoms with Crippen molar-refractivity contribution in [1.29, 1.82) is 0 Å². The third-order valence-electron chi connectivity index (χ3n) is 7.15. The van der Waals surface area contributed by atoms with Crippen molar-refractivity contribution in [3.63, 3.8) is 0 Å². The fraction of sp³-hybridized carbons (Fsp3) is 0.364. The van der Waals surface area contributed by atoms with Crippen LogP contribution in [0.15, 0.2) is 82.4 Å². The number of aryl methyl sites for hydroxylation is 1. The summed E-state index contributed by atoms with van der Waals surface area (Å²) in [6, 6.07) is 23.2. The van der Waals surface area contributed by atoms with Crippen molar-refractivity contribution in [2.45, 2.75) is 63.2 Å². The van der Waals surface area contributed by atoms with Gasteiger partial charge in [-0.3, -0.25) is 4.79 Å². The van der Waals surface area contributed by atoms with Gasteiger partial charge in [0.15, 0.2) is 0 Å². The van der Waals surface area contributed by atoms with Gasteiger partial charge in [0.25, 0.3) is 0 Å². The number of rotatable bonds is 14. The van der Waals surface area contributed by atoms with Gasteiger partial charge < -0.3 is 10.1 Å². The number of hydrogen-bond acceptors (Lipinski definition) is 4. The predicted molar refractivity (Wildman–Crippen MR) is 166 cm³/mol. The summed E-state index contributed by atoms with van der Waals surface area (Å²) in [5.74, 6) is 2.02. The highest BCUT2D eigenvalue weighted by atomic mass is 32.2. The highest BCUT2D eigenvalue weighted by Gasteiger charge is 2.48. The molecule has 0 aliphatic heterocycles. The summed E-state index contributed by atoms with van der Waals surface area (Å²) in [5.41, 5.74) is 5.35. The van der Waals surface area contributed by atoms with Crippen LogP contribution in [0.1, 0.15) is 64.6 Å². The van der Waals surface area contributed by atoms with E-state index in [1.165, 1.54) is 21.6 Å². The Morgan fingerprint density at radius 3 is 2.29 bits per heavy atom. The van der Waals surface area contributed by atoms with Crippen LogP contribution in [0.4, 0.5) is 0 Å². The topological polar surface area (TPSA) is 38.3 Å². The summed E-state index contributed by atoms with van der Waals surface area (Å²) >= 11 is 3.55.